The molecule has 0 aromatic heterocycles. The molecular formula is C30H40FN. The summed E-state index contributed by atoms with van der Waals surface area (Å²) in [7, 11) is 0. The highest BCUT2D eigenvalue weighted by Crippen LogP contribution is 2.53. The van der Waals surface area contributed by atoms with E-state index >= 15 is 0 Å². The lowest BCUT2D eigenvalue weighted by atomic mass is 9.59. The Hall–Kier alpha value is -2.09. The summed E-state index contributed by atoms with van der Waals surface area (Å²) in [5.74, 6) is 1.55. The van der Waals surface area contributed by atoms with E-state index in [0.29, 0.717) is 11.3 Å². The third-order valence-electron chi connectivity index (χ3n) is 8.10. The molecule has 0 N–H and O–H groups in total. The molecule has 2 fully saturated rings. The quantitative estimate of drug-likeness (QED) is 0.442. The Bertz CT molecular complexity index is 885. The second-order valence-electron chi connectivity index (χ2n) is 10.9. The fourth-order valence-electron chi connectivity index (χ4n) is 6.30. The van der Waals surface area contributed by atoms with Gasteiger partial charge in [-0.25, -0.2) is 4.39 Å². The topological polar surface area (TPSA) is 3.24 Å². The van der Waals surface area contributed by atoms with Crippen LogP contribution in [0.4, 0.5) is 4.39 Å². The lowest BCUT2D eigenvalue weighted by Crippen LogP contribution is -2.43. The van der Waals surface area contributed by atoms with Gasteiger partial charge in [0.15, 0.2) is 0 Å². The highest BCUT2D eigenvalue weighted by atomic mass is 19.1. The SMILES string of the molecule is C=C(c1ccc(C(C)(C)F)cc1)N1CCC2(CC1)CC(CCC)CC(c1ccccc1)C2. The lowest BCUT2D eigenvalue weighted by Gasteiger charge is -2.50. The third-order valence-corrected chi connectivity index (χ3v) is 8.10. The van der Waals surface area contributed by atoms with Crippen LogP contribution in [0.15, 0.2) is 61.2 Å². The van der Waals surface area contributed by atoms with Crippen LogP contribution in [0.1, 0.15) is 88.3 Å². The van der Waals surface area contributed by atoms with Crippen LogP contribution in [0.2, 0.25) is 0 Å². The summed E-state index contributed by atoms with van der Waals surface area (Å²) in [4.78, 5) is 2.46. The number of piperidine rings is 1. The van der Waals surface area contributed by atoms with Crippen molar-refractivity contribution in [2.75, 3.05) is 13.1 Å². The van der Waals surface area contributed by atoms with Crippen molar-refractivity contribution in [3.63, 3.8) is 0 Å². The molecule has 4 rings (SSSR count). The van der Waals surface area contributed by atoms with Gasteiger partial charge in [0.2, 0.25) is 0 Å². The van der Waals surface area contributed by atoms with Crippen molar-refractivity contribution in [3.05, 3.63) is 77.9 Å². The molecule has 1 spiro atoms. The first-order valence-electron chi connectivity index (χ1n) is 12.6. The molecule has 2 aromatic rings. The molecule has 32 heavy (non-hydrogen) atoms. The van der Waals surface area contributed by atoms with Gasteiger partial charge in [0.25, 0.3) is 0 Å². The van der Waals surface area contributed by atoms with Gasteiger partial charge in [-0.15, -0.1) is 0 Å². The van der Waals surface area contributed by atoms with E-state index in [1.165, 1.54) is 50.5 Å². The number of halogens is 1. The predicted octanol–water partition coefficient (Wildman–Crippen LogP) is 8.33. The number of likely N-dealkylation sites (tertiary alicyclic amines) is 1. The number of rotatable bonds is 6. The Kier molecular flexibility index (Phi) is 6.79. The highest BCUT2D eigenvalue weighted by molar-refractivity contribution is 5.62. The van der Waals surface area contributed by atoms with Gasteiger partial charge in [0, 0.05) is 18.8 Å². The van der Waals surface area contributed by atoms with E-state index in [0.717, 1.165) is 35.8 Å². The predicted molar refractivity (Wildman–Crippen MR) is 134 cm³/mol. The average Bonchev–Trinajstić information content (AvgIpc) is 2.79. The van der Waals surface area contributed by atoms with E-state index in [1.807, 2.05) is 24.3 Å². The maximum Gasteiger partial charge on any atom is 0.130 e. The van der Waals surface area contributed by atoms with Gasteiger partial charge in [0.1, 0.15) is 5.67 Å². The maximum absolute atomic E-state index is 14.2. The second-order valence-corrected chi connectivity index (χ2v) is 10.9. The molecule has 1 saturated heterocycles. The van der Waals surface area contributed by atoms with E-state index in [9.17, 15) is 4.39 Å². The molecule has 1 aliphatic heterocycles. The Morgan fingerprint density at radius 1 is 1.03 bits per heavy atom. The van der Waals surface area contributed by atoms with Gasteiger partial charge in [-0.1, -0.05) is 80.9 Å². The van der Waals surface area contributed by atoms with E-state index in [4.69, 9.17) is 0 Å². The average molecular weight is 434 g/mol. The molecular weight excluding hydrogens is 393 g/mol. The molecule has 2 aliphatic rings. The van der Waals surface area contributed by atoms with Crippen molar-refractivity contribution in [1.82, 2.24) is 4.90 Å². The van der Waals surface area contributed by atoms with Crippen LogP contribution in [0, 0.1) is 11.3 Å². The molecule has 0 radical (unpaired) electrons. The third kappa shape index (κ3) is 5.11. The molecule has 2 unspecified atom stereocenters. The number of nitrogens with zero attached hydrogens (tertiary/aromatic N) is 1. The Labute approximate surface area is 194 Å². The fraction of sp³-hybridized carbons (Fsp3) is 0.533. The molecule has 1 nitrogen and oxygen atoms in total. The summed E-state index contributed by atoms with van der Waals surface area (Å²) in [6.45, 7) is 12.1. The highest BCUT2D eigenvalue weighted by Gasteiger charge is 2.42. The lowest BCUT2D eigenvalue weighted by molar-refractivity contribution is 0.0510. The van der Waals surface area contributed by atoms with Gasteiger partial charge in [0.05, 0.1) is 0 Å². The van der Waals surface area contributed by atoms with Gasteiger partial charge in [-0.2, -0.15) is 0 Å². The number of benzene rings is 2. The van der Waals surface area contributed by atoms with Crippen LogP contribution in [-0.2, 0) is 5.67 Å². The van der Waals surface area contributed by atoms with Crippen molar-refractivity contribution in [3.8, 4) is 0 Å². The van der Waals surface area contributed by atoms with Gasteiger partial charge in [-0.05, 0) is 79.9 Å². The summed E-state index contributed by atoms with van der Waals surface area (Å²) in [6, 6.07) is 19.1. The van der Waals surface area contributed by atoms with E-state index in [-0.39, 0.29) is 0 Å². The smallest absolute Gasteiger partial charge is 0.130 e. The van der Waals surface area contributed by atoms with E-state index < -0.39 is 5.67 Å². The minimum Gasteiger partial charge on any atom is -0.371 e. The molecule has 172 valence electrons. The number of hydrogen-bond acceptors (Lipinski definition) is 1. The van der Waals surface area contributed by atoms with Crippen molar-refractivity contribution in [2.24, 2.45) is 11.3 Å². The van der Waals surface area contributed by atoms with Gasteiger partial charge < -0.3 is 4.90 Å². The first kappa shape index (κ1) is 23.1. The maximum atomic E-state index is 14.2. The minimum absolute atomic E-state index is 0.470. The van der Waals surface area contributed by atoms with Crippen LogP contribution in [-0.4, -0.2) is 18.0 Å². The Morgan fingerprint density at radius 3 is 2.28 bits per heavy atom. The normalized spacial score (nSPS) is 23.3. The fourth-order valence-corrected chi connectivity index (χ4v) is 6.30. The summed E-state index contributed by atoms with van der Waals surface area (Å²) in [6.07, 6.45) is 9.24. The van der Waals surface area contributed by atoms with E-state index in [1.54, 1.807) is 13.8 Å². The summed E-state index contributed by atoms with van der Waals surface area (Å²) < 4.78 is 14.2. The van der Waals surface area contributed by atoms with Crippen LogP contribution in [0.25, 0.3) is 5.70 Å². The van der Waals surface area contributed by atoms with Crippen LogP contribution < -0.4 is 0 Å². The Balaban J connectivity index is 1.44. The monoisotopic (exact) mass is 433 g/mol. The zero-order valence-electron chi connectivity index (χ0n) is 20.2. The molecule has 2 aromatic carbocycles. The standard InChI is InChI=1S/C30H40FN/c1-5-9-24-20-27(26-10-7-6-8-11-26)22-30(21-24)16-18-32(19-17-30)23(2)25-12-14-28(15-13-25)29(3,4)31/h6-8,10-15,24,27H,2,5,9,16-22H2,1,3-4H3. The molecule has 2 atom stereocenters. The number of hydrogen-bond donors (Lipinski definition) is 0. The zero-order chi connectivity index (χ0) is 22.8. The van der Waals surface area contributed by atoms with Crippen molar-refractivity contribution < 1.29 is 4.39 Å². The van der Waals surface area contributed by atoms with Crippen LogP contribution in [0.3, 0.4) is 0 Å². The van der Waals surface area contributed by atoms with E-state index in [2.05, 4.69) is 48.7 Å². The molecule has 1 saturated carbocycles. The summed E-state index contributed by atoms with van der Waals surface area (Å²) in [5, 5.41) is 0. The molecule has 0 amide bonds. The Morgan fingerprint density at radius 2 is 1.69 bits per heavy atom. The first-order chi connectivity index (χ1) is 15.3. The largest absolute Gasteiger partial charge is 0.371 e. The zero-order valence-corrected chi connectivity index (χ0v) is 20.2. The minimum atomic E-state index is -1.30. The van der Waals surface area contributed by atoms with Gasteiger partial charge in [-0.3, -0.25) is 0 Å². The summed E-state index contributed by atoms with van der Waals surface area (Å²) >= 11 is 0. The summed E-state index contributed by atoms with van der Waals surface area (Å²) in [5.41, 5.74) is 3.63. The van der Waals surface area contributed by atoms with Crippen molar-refractivity contribution in [1.29, 1.82) is 0 Å². The van der Waals surface area contributed by atoms with Crippen molar-refractivity contribution in [2.45, 2.75) is 77.3 Å². The first-order valence-corrected chi connectivity index (χ1v) is 12.6. The molecule has 1 aliphatic carbocycles. The molecule has 0 bridgehead atoms. The van der Waals surface area contributed by atoms with Crippen molar-refractivity contribution >= 4 is 5.70 Å². The second kappa shape index (κ2) is 9.41. The number of alkyl halides is 1. The molecule has 1 heterocycles. The van der Waals surface area contributed by atoms with Crippen LogP contribution in [0.5, 0.6) is 0 Å². The van der Waals surface area contributed by atoms with Crippen LogP contribution >= 0.6 is 0 Å². The van der Waals surface area contributed by atoms with Gasteiger partial charge >= 0.3 is 0 Å². The molecule has 2 heteroatoms.